The van der Waals surface area contributed by atoms with E-state index in [4.69, 9.17) is 16.9 Å². The third-order valence-corrected chi connectivity index (χ3v) is 4.48. The van der Waals surface area contributed by atoms with Crippen LogP contribution in [0, 0.1) is 11.3 Å². The van der Waals surface area contributed by atoms with Gasteiger partial charge in [-0.1, -0.05) is 31.5 Å². The van der Waals surface area contributed by atoms with Gasteiger partial charge in [0, 0.05) is 21.9 Å². The summed E-state index contributed by atoms with van der Waals surface area (Å²) in [7, 11) is 0. The highest BCUT2D eigenvalue weighted by Gasteiger charge is 2.21. The maximum absolute atomic E-state index is 9.11. The number of hydrogen-bond acceptors (Lipinski definition) is 3. The second kappa shape index (κ2) is 5.64. The van der Waals surface area contributed by atoms with Crippen molar-refractivity contribution >= 4 is 28.6 Å². The Hall–Kier alpha value is -1.50. The molecule has 0 aliphatic heterocycles. The number of anilines is 1. The lowest BCUT2D eigenvalue weighted by Gasteiger charge is -2.24. The van der Waals surface area contributed by atoms with Gasteiger partial charge in [0.15, 0.2) is 0 Å². The average molecular weight is 291 g/mol. The van der Waals surface area contributed by atoms with Crippen molar-refractivity contribution in [2.24, 2.45) is 0 Å². The summed E-state index contributed by atoms with van der Waals surface area (Å²) in [5.41, 5.74) is 1.44. The number of benzene rings is 1. The van der Waals surface area contributed by atoms with Crippen molar-refractivity contribution in [3.63, 3.8) is 0 Å². The van der Waals surface area contributed by atoms with E-state index in [9.17, 15) is 0 Å². The summed E-state index contributed by atoms with van der Waals surface area (Å²) in [5, 5.41) is 15.1. The first-order valence-electron chi connectivity index (χ1n) is 6.00. The Kier molecular flexibility index (Phi) is 4.14. The first-order valence-corrected chi connectivity index (χ1v) is 7.26. The molecule has 0 unspecified atom stereocenters. The predicted molar refractivity (Wildman–Crippen MR) is 82.0 cm³/mol. The summed E-state index contributed by atoms with van der Waals surface area (Å²) in [6.45, 7) is 5.14. The van der Waals surface area contributed by atoms with E-state index in [2.05, 4.69) is 42.7 Å². The zero-order valence-electron chi connectivity index (χ0n) is 10.9. The average Bonchev–Trinajstić information content (AvgIpc) is 2.91. The molecule has 4 heteroatoms. The molecule has 0 saturated heterocycles. The lowest BCUT2D eigenvalue weighted by atomic mass is 9.91. The number of nitriles is 1. The van der Waals surface area contributed by atoms with Gasteiger partial charge in [-0.25, -0.2) is 0 Å². The molecule has 1 heterocycles. The largest absolute Gasteiger partial charge is 0.383 e. The van der Waals surface area contributed by atoms with Gasteiger partial charge in [0.2, 0.25) is 0 Å². The van der Waals surface area contributed by atoms with Crippen LogP contribution >= 0.6 is 22.9 Å². The summed E-state index contributed by atoms with van der Waals surface area (Å²) in [4.78, 5) is 1.33. The first-order chi connectivity index (χ1) is 9.03. The van der Waals surface area contributed by atoms with Gasteiger partial charge in [-0.3, -0.25) is 0 Å². The van der Waals surface area contributed by atoms with E-state index < -0.39 is 0 Å². The number of nitrogens with zero attached hydrogens (tertiary/aromatic N) is 1. The standard InChI is InChI=1S/C15H15ClN2S/c1-15(2,14-4-3-7-19-14)10-18-13-6-5-12(16)8-11(13)9-17/h3-8,18H,10H2,1-2H3. The molecule has 98 valence electrons. The summed E-state index contributed by atoms with van der Waals surface area (Å²) < 4.78 is 0. The maximum atomic E-state index is 9.11. The maximum Gasteiger partial charge on any atom is 0.101 e. The second-order valence-corrected chi connectivity index (χ2v) is 6.40. The molecule has 2 nitrogen and oxygen atoms in total. The van der Waals surface area contributed by atoms with Crippen molar-refractivity contribution in [1.82, 2.24) is 0 Å². The fourth-order valence-corrected chi connectivity index (χ4v) is 2.85. The fourth-order valence-electron chi connectivity index (χ4n) is 1.83. The van der Waals surface area contributed by atoms with Crippen LogP contribution in [0.1, 0.15) is 24.3 Å². The smallest absolute Gasteiger partial charge is 0.101 e. The van der Waals surface area contributed by atoms with Crippen LogP contribution in [0.25, 0.3) is 0 Å². The van der Waals surface area contributed by atoms with Gasteiger partial charge >= 0.3 is 0 Å². The number of halogens is 1. The normalized spacial score (nSPS) is 11.1. The molecule has 0 amide bonds. The fraction of sp³-hybridized carbons (Fsp3) is 0.267. The molecule has 0 spiro atoms. The van der Waals surface area contributed by atoms with Crippen molar-refractivity contribution in [1.29, 1.82) is 5.26 Å². The molecule has 0 fully saturated rings. The minimum absolute atomic E-state index is 0.0283. The van der Waals surface area contributed by atoms with E-state index in [0.29, 0.717) is 10.6 Å². The van der Waals surface area contributed by atoms with Gasteiger partial charge in [0.25, 0.3) is 0 Å². The van der Waals surface area contributed by atoms with Crippen molar-refractivity contribution < 1.29 is 0 Å². The van der Waals surface area contributed by atoms with Crippen molar-refractivity contribution in [2.75, 3.05) is 11.9 Å². The molecule has 0 aliphatic rings. The molecule has 2 rings (SSSR count). The van der Waals surface area contributed by atoms with Gasteiger partial charge in [0.05, 0.1) is 11.3 Å². The third-order valence-electron chi connectivity index (χ3n) is 3.01. The van der Waals surface area contributed by atoms with Crippen LogP contribution in [-0.4, -0.2) is 6.54 Å². The molecule has 19 heavy (non-hydrogen) atoms. The van der Waals surface area contributed by atoms with E-state index in [1.807, 2.05) is 6.07 Å². The van der Waals surface area contributed by atoms with Crippen LogP contribution in [0.15, 0.2) is 35.7 Å². The Balaban J connectivity index is 2.13. The number of nitrogens with one attached hydrogen (secondary N) is 1. The van der Waals surface area contributed by atoms with Crippen molar-refractivity contribution in [2.45, 2.75) is 19.3 Å². The quantitative estimate of drug-likeness (QED) is 0.889. The first kappa shape index (κ1) is 13.9. The summed E-state index contributed by atoms with van der Waals surface area (Å²) in [5.74, 6) is 0. The van der Waals surface area contributed by atoms with Crippen LogP contribution in [-0.2, 0) is 5.41 Å². The van der Waals surface area contributed by atoms with E-state index in [1.54, 1.807) is 23.5 Å². The van der Waals surface area contributed by atoms with Crippen molar-refractivity contribution in [3.05, 3.63) is 51.2 Å². The van der Waals surface area contributed by atoms with E-state index in [-0.39, 0.29) is 5.41 Å². The molecule has 1 aromatic heterocycles. The van der Waals surface area contributed by atoms with Crippen LogP contribution < -0.4 is 5.32 Å². The van der Waals surface area contributed by atoms with Crippen molar-refractivity contribution in [3.8, 4) is 6.07 Å². The summed E-state index contributed by atoms with van der Waals surface area (Å²) in [6.07, 6.45) is 0. The van der Waals surface area contributed by atoms with E-state index >= 15 is 0 Å². The third kappa shape index (κ3) is 3.28. The van der Waals surface area contributed by atoms with Crippen LogP contribution in [0.3, 0.4) is 0 Å². The van der Waals surface area contributed by atoms with Gasteiger partial charge in [-0.2, -0.15) is 5.26 Å². The molecular weight excluding hydrogens is 276 g/mol. The zero-order chi connectivity index (χ0) is 13.9. The molecule has 0 saturated carbocycles. The molecule has 0 atom stereocenters. The topological polar surface area (TPSA) is 35.8 Å². The Morgan fingerprint density at radius 2 is 2.16 bits per heavy atom. The molecule has 0 aliphatic carbocycles. The van der Waals surface area contributed by atoms with E-state index in [1.165, 1.54) is 4.88 Å². The minimum atomic E-state index is 0.0283. The van der Waals surface area contributed by atoms with Crippen LogP contribution in [0.4, 0.5) is 5.69 Å². The lowest BCUT2D eigenvalue weighted by molar-refractivity contribution is 0.569. The van der Waals surface area contributed by atoms with Gasteiger partial charge < -0.3 is 5.32 Å². The SMILES string of the molecule is CC(C)(CNc1ccc(Cl)cc1C#N)c1cccs1. The number of hydrogen-bond donors (Lipinski definition) is 1. The van der Waals surface area contributed by atoms with Gasteiger partial charge in [0.1, 0.15) is 6.07 Å². The molecule has 1 N–H and O–H groups in total. The number of rotatable bonds is 4. The minimum Gasteiger partial charge on any atom is -0.383 e. The molecule has 0 bridgehead atoms. The summed E-state index contributed by atoms with van der Waals surface area (Å²) >= 11 is 7.64. The Morgan fingerprint density at radius 3 is 2.79 bits per heavy atom. The lowest BCUT2D eigenvalue weighted by Crippen LogP contribution is -2.26. The van der Waals surface area contributed by atoms with Gasteiger partial charge in [-0.15, -0.1) is 11.3 Å². The number of thiophene rings is 1. The van der Waals surface area contributed by atoms with E-state index in [0.717, 1.165) is 12.2 Å². The molecule has 0 radical (unpaired) electrons. The molecular formula is C15H15ClN2S. The Labute approximate surface area is 122 Å². The predicted octanol–water partition coefficient (Wildman–Crippen LogP) is 4.66. The van der Waals surface area contributed by atoms with Crippen LogP contribution in [0.2, 0.25) is 5.02 Å². The zero-order valence-corrected chi connectivity index (χ0v) is 12.5. The highest BCUT2D eigenvalue weighted by Crippen LogP contribution is 2.28. The Bertz CT molecular complexity index is 597. The summed E-state index contributed by atoms with van der Waals surface area (Å²) in [6, 6.07) is 11.7. The molecule has 1 aromatic carbocycles. The highest BCUT2D eigenvalue weighted by atomic mass is 35.5. The second-order valence-electron chi connectivity index (χ2n) is 5.02. The molecule has 2 aromatic rings. The highest BCUT2D eigenvalue weighted by molar-refractivity contribution is 7.10. The van der Waals surface area contributed by atoms with Gasteiger partial charge in [-0.05, 0) is 29.6 Å². The monoisotopic (exact) mass is 290 g/mol. The van der Waals surface area contributed by atoms with Crippen LogP contribution in [0.5, 0.6) is 0 Å². The Morgan fingerprint density at radius 1 is 1.37 bits per heavy atom.